The van der Waals surface area contributed by atoms with Crippen molar-refractivity contribution in [1.29, 1.82) is 0 Å². The van der Waals surface area contributed by atoms with E-state index in [-0.39, 0.29) is 36.0 Å². The summed E-state index contributed by atoms with van der Waals surface area (Å²) < 4.78 is 36.0. The molecule has 0 fully saturated rings. The van der Waals surface area contributed by atoms with Gasteiger partial charge in [-0.3, -0.25) is 4.55 Å². The van der Waals surface area contributed by atoms with E-state index in [1.807, 2.05) is 6.92 Å². The molecule has 4 nitrogen and oxygen atoms in total. The van der Waals surface area contributed by atoms with Crippen molar-refractivity contribution in [3.05, 3.63) is 30.3 Å². The summed E-state index contributed by atoms with van der Waals surface area (Å²) in [6.07, 6.45) is 0.894. The molecule has 16 heavy (non-hydrogen) atoms. The van der Waals surface area contributed by atoms with Gasteiger partial charge in [0.25, 0.3) is 0 Å². The second kappa shape index (κ2) is 7.29. The summed E-state index contributed by atoms with van der Waals surface area (Å²) in [5.41, 5.74) is -1.18. The molecule has 1 aromatic carbocycles. The molecule has 0 heterocycles. The van der Waals surface area contributed by atoms with E-state index >= 15 is 0 Å². The molecule has 1 rings (SSSR count). The Labute approximate surface area is 118 Å². The van der Waals surface area contributed by atoms with Crippen LogP contribution >= 0.6 is 0 Å². The van der Waals surface area contributed by atoms with Crippen LogP contribution < -0.4 is 34.3 Å². The topological polar surface area (TPSA) is 63.6 Å². The molecular weight excluding hydrogens is 239 g/mol. The molecule has 0 aliphatic heterocycles. The zero-order valence-corrected chi connectivity index (χ0v) is 12.3. The second-order valence-corrected chi connectivity index (χ2v) is 4.72. The maximum Gasteiger partial charge on any atom is 1.00 e. The first kappa shape index (κ1) is 15.9. The number of benzene rings is 1. The fraction of sp³-hybridized carbons (Fsp3) is 0.400. The molecule has 1 unspecified atom stereocenters. The SMILES string of the molecule is CCCC(Oc1ccccc1)S(=O)(=O)O.[Na+]. The van der Waals surface area contributed by atoms with Crippen LogP contribution in [0.5, 0.6) is 5.75 Å². The van der Waals surface area contributed by atoms with E-state index in [0.29, 0.717) is 12.2 Å². The molecule has 1 atom stereocenters. The number of ether oxygens (including phenoxy) is 1. The third kappa shape index (κ3) is 5.32. The summed E-state index contributed by atoms with van der Waals surface area (Å²) in [6, 6.07) is 8.57. The van der Waals surface area contributed by atoms with Gasteiger partial charge in [0.15, 0.2) is 0 Å². The van der Waals surface area contributed by atoms with Crippen molar-refractivity contribution in [2.75, 3.05) is 0 Å². The number of hydrogen-bond donors (Lipinski definition) is 1. The van der Waals surface area contributed by atoms with E-state index in [2.05, 4.69) is 0 Å². The quantitative estimate of drug-likeness (QED) is 0.545. The van der Waals surface area contributed by atoms with Crippen LogP contribution in [0.25, 0.3) is 0 Å². The van der Waals surface area contributed by atoms with Crippen LogP contribution in [-0.4, -0.2) is 18.4 Å². The molecule has 84 valence electrons. The molecule has 0 bridgehead atoms. The third-order valence-corrected chi connectivity index (χ3v) is 2.86. The molecule has 0 aromatic heterocycles. The molecule has 1 aromatic rings. The molecule has 0 aliphatic rings. The van der Waals surface area contributed by atoms with Crippen molar-refractivity contribution >= 4 is 10.1 Å². The maximum atomic E-state index is 11.0. The summed E-state index contributed by atoms with van der Waals surface area (Å²) in [6.45, 7) is 1.83. The Morgan fingerprint density at radius 3 is 2.31 bits per heavy atom. The summed E-state index contributed by atoms with van der Waals surface area (Å²) in [7, 11) is -4.15. The standard InChI is InChI=1S/C10H14O4S.Na/c1-2-6-10(15(11,12)13)14-9-7-4-3-5-8-9;/h3-5,7-8,10H,2,6H2,1H3,(H,11,12,13);/q;+1. The van der Waals surface area contributed by atoms with Crippen LogP contribution in [0.2, 0.25) is 0 Å². The average Bonchev–Trinajstić information content (AvgIpc) is 2.17. The van der Waals surface area contributed by atoms with E-state index < -0.39 is 15.6 Å². The Kier molecular flexibility index (Phi) is 7.26. The Morgan fingerprint density at radius 1 is 1.31 bits per heavy atom. The third-order valence-electron chi connectivity index (χ3n) is 1.87. The van der Waals surface area contributed by atoms with Gasteiger partial charge in [-0.15, -0.1) is 0 Å². The Hall–Kier alpha value is -0.0700. The summed E-state index contributed by atoms with van der Waals surface area (Å²) in [4.78, 5) is 0. The predicted molar refractivity (Wildman–Crippen MR) is 57.3 cm³/mol. The monoisotopic (exact) mass is 253 g/mol. The summed E-state index contributed by atoms with van der Waals surface area (Å²) in [5, 5.41) is 0. The van der Waals surface area contributed by atoms with Crippen LogP contribution in [0.3, 0.4) is 0 Å². The fourth-order valence-corrected chi connectivity index (χ4v) is 1.92. The smallest absolute Gasteiger partial charge is 0.472 e. The molecule has 6 heteroatoms. The van der Waals surface area contributed by atoms with Gasteiger partial charge in [-0.25, -0.2) is 0 Å². The number of hydrogen-bond acceptors (Lipinski definition) is 3. The Balaban J connectivity index is 0.00000225. The zero-order chi connectivity index (χ0) is 11.3. The second-order valence-electron chi connectivity index (χ2n) is 3.16. The summed E-state index contributed by atoms with van der Waals surface area (Å²) >= 11 is 0. The molecule has 1 N–H and O–H groups in total. The van der Waals surface area contributed by atoms with E-state index in [1.165, 1.54) is 0 Å². The predicted octanol–water partition coefficient (Wildman–Crippen LogP) is -0.917. The number of para-hydroxylation sites is 1. The largest absolute Gasteiger partial charge is 1.00 e. The van der Waals surface area contributed by atoms with Crippen molar-refractivity contribution in [1.82, 2.24) is 0 Å². The van der Waals surface area contributed by atoms with Gasteiger partial charge in [0.05, 0.1) is 0 Å². The molecule has 0 aliphatic carbocycles. The van der Waals surface area contributed by atoms with Crippen LogP contribution in [0, 0.1) is 0 Å². The van der Waals surface area contributed by atoms with Crippen molar-refractivity contribution in [2.24, 2.45) is 0 Å². The van der Waals surface area contributed by atoms with Crippen LogP contribution in [0.1, 0.15) is 19.8 Å². The van der Waals surface area contributed by atoms with Gasteiger partial charge < -0.3 is 4.74 Å². The molecular formula is C10H14NaO4S+. The minimum Gasteiger partial charge on any atom is -0.472 e. The zero-order valence-electron chi connectivity index (χ0n) is 9.46. The molecule has 0 radical (unpaired) electrons. The first-order chi connectivity index (χ1) is 7.04. The van der Waals surface area contributed by atoms with Crippen molar-refractivity contribution in [2.45, 2.75) is 25.2 Å². The van der Waals surface area contributed by atoms with E-state index in [9.17, 15) is 8.42 Å². The first-order valence-electron chi connectivity index (χ1n) is 4.72. The van der Waals surface area contributed by atoms with Crippen LogP contribution in [0.15, 0.2) is 30.3 Å². The molecule has 0 amide bonds. The van der Waals surface area contributed by atoms with E-state index in [1.54, 1.807) is 30.3 Å². The van der Waals surface area contributed by atoms with Gasteiger partial charge in [0, 0.05) is 6.42 Å². The Morgan fingerprint density at radius 2 is 1.88 bits per heavy atom. The normalized spacial score (nSPS) is 12.6. The molecule has 0 saturated carbocycles. The van der Waals surface area contributed by atoms with Gasteiger partial charge in [-0.2, -0.15) is 8.42 Å². The van der Waals surface area contributed by atoms with Crippen molar-refractivity contribution in [3.63, 3.8) is 0 Å². The molecule has 0 saturated heterocycles. The van der Waals surface area contributed by atoms with E-state index in [4.69, 9.17) is 9.29 Å². The van der Waals surface area contributed by atoms with Crippen molar-refractivity contribution in [3.8, 4) is 5.75 Å². The maximum absolute atomic E-state index is 11.0. The summed E-state index contributed by atoms with van der Waals surface area (Å²) in [5.74, 6) is 0.438. The van der Waals surface area contributed by atoms with Gasteiger partial charge in [-0.1, -0.05) is 31.5 Å². The minimum atomic E-state index is -4.15. The average molecular weight is 253 g/mol. The van der Waals surface area contributed by atoms with Gasteiger partial charge in [0.1, 0.15) is 5.75 Å². The van der Waals surface area contributed by atoms with Crippen LogP contribution in [-0.2, 0) is 10.1 Å². The van der Waals surface area contributed by atoms with Gasteiger partial charge in [-0.05, 0) is 12.1 Å². The first-order valence-corrected chi connectivity index (χ1v) is 6.22. The van der Waals surface area contributed by atoms with E-state index in [0.717, 1.165) is 0 Å². The fourth-order valence-electron chi connectivity index (χ4n) is 1.16. The van der Waals surface area contributed by atoms with Crippen LogP contribution in [0.4, 0.5) is 0 Å². The number of rotatable bonds is 5. The van der Waals surface area contributed by atoms with Gasteiger partial charge in [0.2, 0.25) is 5.44 Å². The molecule has 0 spiro atoms. The van der Waals surface area contributed by atoms with Gasteiger partial charge >= 0.3 is 39.7 Å². The van der Waals surface area contributed by atoms with Crippen molar-refractivity contribution < 1.29 is 47.3 Å². The minimum absolute atomic E-state index is 0. The Bertz CT molecular complexity index is 391.